The highest BCUT2D eigenvalue weighted by Gasteiger charge is 2.16. The van der Waals surface area contributed by atoms with Gasteiger partial charge in [-0.05, 0) is 47.5 Å². The second-order valence-corrected chi connectivity index (χ2v) is 10.1. The number of nitrogens with one attached hydrogen (secondary N) is 2. The largest absolute Gasteiger partial charge is 0.361 e. The van der Waals surface area contributed by atoms with Gasteiger partial charge >= 0.3 is 0 Å². The van der Waals surface area contributed by atoms with Gasteiger partial charge in [-0.1, -0.05) is 24.3 Å². The third-order valence-electron chi connectivity index (χ3n) is 6.69. The molecule has 0 atom stereocenters. The number of hydrogen-bond donors (Lipinski definition) is 2. The molecule has 0 radical (unpaired) electrons. The molecule has 0 unspecified atom stereocenters. The highest BCUT2D eigenvalue weighted by Crippen LogP contribution is 2.37. The molecule has 0 spiro atoms. The first-order valence-corrected chi connectivity index (χ1v) is 12.8. The van der Waals surface area contributed by atoms with Crippen molar-refractivity contribution >= 4 is 50.1 Å². The Bertz CT molecular complexity index is 1460. The predicted octanol–water partition coefficient (Wildman–Crippen LogP) is 5.50. The van der Waals surface area contributed by atoms with Crippen molar-refractivity contribution in [2.75, 3.05) is 38.0 Å². The number of carbonyl (C=O) groups excluding carboxylic acids is 1. The van der Waals surface area contributed by atoms with E-state index in [1.165, 1.54) is 21.4 Å². The maximum absolute atomic E-state index is 10.7. The lowest BCUT2D eigenvalue weighted by atomic mass is 10.1. The van der Waals surface area contributed by atoms with E-state index in [-0.39, 0.29) is 0 Å². The van der Waals surface area contributed by atoms with Gasteiger partial charge in [0.25, 0.3) is 0 Å². The van der Waals surface area contributed by atoms with Gasteiger partial charge in [-0.15, -0.1) is 11.3 Å². The Morgan fingerprint density at radius 2 is 1.80 bits per heavy atom. The van der Waals surface area contributed by atoms with Crippen molar-refractivity contribution in [3.63, 3.8) is 0 Å². The second kappa shape index (κ2) is 9.62. The third-order valence-corrected chi connectivity index (χ3v) is 7.89. The van der Waals surface area contributed by atoms with E-state index in [2.05, 4.69) is 79.7 Å². The SMILES string of the molecule is O=CCN1CCN(Cc2ccc(-c3cc4nccc(Nc5ccc6[nH]ccc6c5)c4s3)cc2)CC1. The zero-order valence-corrected chi connectivity index (χ0v) is 20.2. The lowest BCUT2D eigenvalue weighted by molar-refractivity contribution is -0.109. The Morgan fingerprint density at radius 1 is 0.971 bits per heavy atom. The molecule has 6 rings (SSSR count). The second-order valence-electron chi connectivity index (χ2n) is 9.03. The summed E-state index contributed by atoms with van der Waals surface area (Å²) in [4.78, 5) is 24.5. The fourth-order valence-corrected chi connectivity index (χ4v) is 5.82. The molecule has 0 bridgehead atoms. The molecule has 0 amide bonds. The fourth-order valence-electron chi connectivity index (χ4n) is 4.73. The van der Waals surface area contributed by atoms with Crippen LogP contribution in [0.3, 0.4) is 0 Å². The summed E-state index contributed by atoms with van der Waals surface area (Å²) in [7, 11) is 0. The number of pyridine rings is 1. The van der Waals surface area contributed by atoms with Crippen LogP contribution >= 0.6 is 11.3 Å². The number of benzene rings is 2. The van der Waals surface area contributed by atoms with Crippen molar-refractivity contribution in [1.29, 1.82) is 0 Å². The average Bonchev–Trinajstić information content (AvgIpc) is 3.53. The highest BCUT2D eigenvalue weighted by molar-refractivity contribution is 7.22. The molecule has 1 fully saturated rings. The number of aromatic amines is 1. The lowest BCUT2D eigenvalue weighted by Crippen LogP contribution is -2.46. The van der Waals surface area contributed by atoms with Crippen LogP contribution in [0.5, 0.6) is 0 Å². The molecular weight excluding hydrogens is 454 g/mol. The van der Waals surface area contributed by atoms with E-state index in [1.54, 1.807) is 11.3 Å². The highest BCUT2D eigenvalue weighted by atomic mass is 32.1. The van der Waals surface area contributed by atoms with Crippen LogP contribution in [0, 0.1) is 0 Å². The molecule has 0 saturated carbocycles. The van der Waals surface area contributed by atoms with Gasteiger partial charge in [-0.25, -0.2) is 0 Å². The van der Waals surface area contributed by atoms with Gasteiger partial charge in [0.1, 0.15) is 6.29 Å². The van der Waals surface area contributed by atoms with Crippen molar-refractivity contribution in [3.8, 4) is 10.4 Å². The maximum atomic E-state index is 10.7. The number of nitrogens with zero attached hydrogens (tertiary/aromatic N) is 3. The number of hydrogen-bond acceptors (Lipinski definition) is 6. The summed E-state index contributed by atoms with van der Waals surface area (Å²) in [6.45, 7) is 5.42. The molecule has 4 heterocycles. The fraction of sp³-hybridized carbons (Fsp3) is 0.214. The molecule has 0 aliphatic carbocycles. The van der Waals surface area contributed by atoms with Crippen molar-refractivity contribution in [2.45, 2.75) is 6.54 Å². The van der Waals surface area contributed by atoms with Gasteiger partial charge < -0.3 is 15.1 Å². The van der Waals surface area contributed by atoms with Crippen molar-refractivity contribution in [3.05, 3.63) is 78.6 Å². The number of rotatable bonds is 7. The summed E-state index contributed by atoms with van der Waals surface area (Å²) in [5.41, 5.74) is 6.82. The first-order valence-electron chi connectivity index (χ1n) is 12.0. The molecule has 176 valence electrons. The van der Waals surface area contributed by atoms with Crippen LogP contribution in [0.1, 0.15) is 5.56 Å². The maximum Gasteiger partial charge on any atom is 0.133 e. The molecule has 7 heteroatoms. The zero-order valence-electron chi connectivity index (χ0n) is 19.4. The van der Waals surface area contributed by atoms with Crippen LogP contribution in [-0.4, -0.2) is 58.8 Å². The molecule has 2 aromatic carbocycles. The minimum absolute atomic E-state index is 0.548. The van der Waals surface area contributed by atoms with E-state index in [1.807, 2.05) is 18.5 Å². The first-order chi connectivity index (χ1) is 17.2. The molecule has 2 N–H and O–H groups in total. The normalized spacial score (nSPS) is 15.1. The van der Waals surface area contributed by atoms with E-state index in [0.717, 1.165) is 66.1 Å². The number of aromatic nitrogens is 2. The Hall–Kier alpha value is -3.52. The number of H-pyrrole nitrogens is 1. The van der Waals surface area contributed by atoms with Crippen LogP contribution < -0.4 is 5.32 Å². The quantitative estimate of drug-likeness (QED) is 0.300. The third kappa shape index (κ3) is 4.71. The van der Waals surface area contributed by atoms with Crippen LogP contribution in [-0.2, 0) is 11.3 Å². The minimum Gasteiger partial charge on any atom is -0.361 e. The zero-order chi connectivity index (χ0) is 23.6. The summed E-state index contributed by atoms with van der Waals surface area (Å²) >= 11 is 1.77. The Morgan fingerprint density at radius 3 is 2.63 bits per heavy atom. The van der Waals surface area contributed by atoms with Gasteiger partial charge in [-0.3, -0.25) is 14.8 Å². The Kier molecular flexibility index (Phi) is 6.04. The lowest BCUT2D eigenvalue weighted by Gasteiger charge is -2.33. The van der Waals surface area contributed by atoms with Crippen LogP contribution in [0.4, 0.5) is 11.4 Å². The van der Waals surface area contributed by atoms with Crippen LogP contribution in [0.2, 0.25) is 0 Å². The summed E-state index contributed by atoms with van der Waals surface area (Å²) in [6, 6.07) is 21.6. The molecular formula is C28H27N5OS. The van der Waals surface area contributed by atoms with Gasteiger partial charge in [0.05, 0.1) is 22.4 Å². The van der Waals surface area contributed by atoms with E-state index < -0.39 is 0 Å². The predicted molar refractivity (Wildman–Crippen MR) is 144 cm³/mol. The van der Waals surface area contributed by atoms with Gasteiger partial charge in [-0.2, -0.15) is 0 Å². The summed E-state index contributed by atoms with van der Waals surface area (Å²) < 4.78 is 1.16. The van der Waals surface area contributed by atoms with E-state index >= 15 is 0 Å². The van der Waals surface area contributed by atoms with Crippen molar-refractivity contribution < 1.29 is 4.79 Å². The molecule has 1 saturated heterocycles. The molecule has 1 aliphatic heterocycles. The summed E-state index contributed by atoms with van der Waals surface area (Å²) in [5.74, 6) is 0. The minimum atomic E-state index is 0.548. The number of carbonyl (C=O) groups is 1. The van der Waals surface area contributed by atoms with Crippen molar-refractivity contribution in [2.24, 2.45) is 0 Å². The topological polar surface area (TPSA) is 64.3 Å². The monoisotopic (exact) mass is 481 g/mol. The van der Waals surface area contributed by atoms with E-state index in [0.29, 0.717) is 6.54 Å². The van der Waals surface area contributed by atoms with Gasteiger partial charge in [0, 0.05) is 66.6 Å². The number of aldehydes is 1. The Balaban J connectivity index is 1.18. The molecule has 6 nitrogen and oxygen atoms in total. The summed E-state index contributed by atoms with van der Waals surface area (Å²) in [6.07, 6.45) is 4.83. The summed E-state index contributed by atoms with van der Waals surface area (Å²) in [5, 5.41) is 4.78. The molecule has 35 heavy (non-hydrogen) atoms. The number of piperazine rings is 1. The number of fused-ring (bicyclic) bond motifs is 2. The molecule has 3 aromatic heterocycles. The standard InChI is InChI=1S/C28H27N5OS/c34-16-15-32-11-13-33(14-12-32)19-20-1-3-21(4-2-20)27-18-26-28(35-27)25(8-10-30-26)31-23-5-6-24-22(17-23)7-9-29-24/h1-10,16-18,29H,11-15,19H2,(H,30,31). The van der Waals surface area contributed by atoms with Crippen LogP contribution in [0.25, 0.3) is 31.6 Å². The van der Waals surface area contributed by atoms with E-state index in [4.69, 9.17) is 0 Å². The Labute approximate surface area is 208 Å². The van der Waals surface area contributed by atoms with Gasteiger partial charge in [0.2, 0.25) is 0 Å². The average molecular weight is 482 g/mol. The van der Waals surface area contributed by atoms with Crippen LogP contribution in [0.15, 0.2) is 73.1 Å². The smallest absolute Gasteiger partial charge is 0.133 e. The number of anilines is 2. The molecule has 1 aliphatic rings. The molecule has 5 aromatic rings. The van der Waals surface area contributed by atoms with Crippen molar-refractivity contribution in [1.82, 2.24) is 19.8 Å². The van der Waals surface area contributed by atoms with E-state index in [9.17, 15) is 4.79 Å². The first kappa shape index (κ1) is 22.0. The van der Waals surface area contributed by atoms with Gasteiger partial charge in [0.15, 0.2) is 0 Å². The number of thiophene rings is 1.